The highest BCUT2D eigenvalue weighted by Crippen LogP contribution is 2.18. The second-order valence-corrected chi connectivity index (χ2v) is 7.35. The van der Waals surface area contributed by atoms with Crippen LogP contribution in [0.5, 0.6) is 0 Å². The van der Waals surface area contributed by atoms with Crippen molar-refractivity contribution in [1.82, 2.24) is 9.55 Å². The van der Waals surface area contributed by atoms with E-state index in [9.17, 15) is 9.59 Å². The van der Waals surface area contributed by atoms with E-state index in [1.807, 2.05) is 36.4 Å². The van der Waals surface area contributed by atoms with Crippen molar-refractivity contribution in [1.29, 1.82) is 0 Å². The predicted octanol–water partition coefficient (Wildman–Crippen LogP) is 4.28. The lowest BCUT2D eigenvalue weighted by molar-refractivity contribution is -0.116. The Morgan fingerprint density at radius 3 is 2.63 bits per heavy atom. The Balaban J connectivity index is 1.86. The Kier molecular flexibility index (Phi) is 5.91. The number of hydrogen-bond donors (Lipinski definition) is 1. The van der Waals surface area contributed by atoms with Gasteiger partial charge < -0.3 is 9.88 Å². The van der Waals surface area contributed by atoms with Gasteiger partial charge >= 0.3 is 0 Å². The summed E-state index contributed by atoms with van der Waals surface area (Å²) in [6.07, 6.45) is 0.461. The number of anilines is 1. The van der Waals surface area contributed by atoms with Crippen molar-refractivity contribution in [2.45, 2.75) is 33.2 Å². The maximum Gasteiger partial charge on any atom is 0.272 e. The van der Waals surface area contributed by atoms with Crippen LogP contribution in [-0.2, 0) is 17.8 Å². The van der Waals surface area contributed by atoms with Gasteiger partial charge in [-0.05, 0) is 36.2 Å². The molecule has 3 rings (SSSR count). The Bertz CT molecular complexity index is 1010. The molecule has 1 amide bonds. The summed E-state index contributed by atoms with van der Waals surface area (Å²) >= 11 is 6.10. The van der Waals surface area contributed by atoms with E-state index < -0.39 is 0 Å². The third-order valence-electron chi connectivity index (χ3n) is 4.17. The zero-order valence-electron chi connectivity index (χ0n) is 15.4. The summed E-state index contributed by atoms with van der Waals surface area (Å²) < 4.78 is 1.73. The number of hydrogen-bond acceptors (Lipinski definition) is 3. The maximum absolute atomic E-state index is 12.9. The van der Waals surface area contributed by atoms with E-state index in [1.54, 1.807) is 16.7 Å². The number of nitrogens with zero attached hydrogens (tertiary/aromatic N) is 2. The Morgan fingerprint density at radius 1 is 1.19 bits per heavy atom. The molecule has 0 unspecified atom stereocenters. The predicted molar refractivity (Wildman–Crippen MR) is 109 cm³/mol. The molecule has 0 saturated carbocycles. The van der Waals surface area contributed by atoms with E-state index in [4.69, 9.17) is 11.6 Å². The number of aromatic nitrogens is 2. The highest BCUT2D eigenvalue weighted by molar-refractivity contribution is 6.31. The highest BCUT2D eigenvalue weighted by Gasteiger charge is 2.14. The molecule has 1 heterocycles. The van der Waals surface area contributed by atoms with Crippen LogP contribution in [0.15, 0.2) is 53.3 Å². The standard InChI is InChI=1S/C21H22ClN3O2/c1-14(2)13-25-19-10-8-15(22)12-18(19)24-17(21(25)27)9-11-20(26)23-16-6-4-3-5-7-16/h3-8,10,12,14H,9,11,13H2,1-2H3,(H,23,26). The van der Waals surface area contributed by atoms with E-state index in [0.29, 0.717) is 28.7 Å². The number of carbonyl (C=O) groups is 1. The van der Waals surface area contributed by atoms with Crippen LogP contribution >= 0.6 is 11.6 Å². The maximum atomic E-state index is 12.9. The summed E-state index contributed by atoms with van der Waals surface area (Å²) in [5.74, 6) is 0.155. The Morgan fingerprint density at radius 2 is 1.93 bits per heavy atom. The zero-order chi connectivity index (χ0) is 19.4. The molecule has 0 saturated heterocycles. The van der Waals surface area contributed by atoms with Crippen LogP contribution < -0.4 is 10.9 Å². The first-order valence-electron chi connectivity index (χ1n) is 8.98. The average molecular weight is 384 g/mol. The van der Waals surface area contributed by atoms with Crippen molar-refractivity contribution >= 4 is 34.2 Å². The number of carbonyl (C=O) groups excluding carboxylic acids is 1. The van der Waals surface area contributed by atoms with Crippen LogP contribution in [0.4, 0.5) is 5.69 Å². The summed E-state index contributed by atoms with van der Waals surface area (Å²) in [6.45, 7) is 4.70. The monoisotopic (exact) mass is 383 g/mol. The van der Waals surface area contributed by atoms with Crippen LogP contribution in [0.1, 0.15) is 26.0 Å². The largest absolute Gasteiger partial charge is 0.326 e. The lowest BCUT2D eigenvalue weighted by atomic mass is 10.1. The fraction of sp³-hybridized carbons (Fsp3) is 0.286. The molecule has 0 spiro atoms. The van der Waals surface area contributed by atoms with Crippen LogP contribution in [0.25, 0.3) is 11.0 Å². The van der Waals surface area contributed by atoms with Gasteiger partial charge in [0.1, 0.15) is 5.69 Å². The number of aryl methyl sites for hydroxylation is 1. The van der Waals surface area contributed by atoms with Gasteiger partial charge in [-0.15, -0.1) is 0 Å². The van der Waals surface area contributed by atoms with Gasteiger partial charge in [0.05, 0.1) is 11.0 Å². The lowest BCUT2D eigenvalue weighted by Gasteiger charge is -2.14. The number of fused-ring (bicyclic) bond motifs is 1. The topological polar surface area (TPSA) is 64.0 Å². The molecule has 27 heavy (non-hydrogen) atoms. The second kappa shape index (κ2) is 8.35. The van der Waals surface area contributed by atoms with Crippen LogP contribution in [0.2, 0.25) is 5.02 Å². The number of rotatable bonds is 6. The fourth-order valence-corrected chi connectivity index (χ4v) is 3.13. The molecule has 2 aromatic carbocycles. The molecule has 1 aromatic heterocycles. The smallest absolute Gasteiger partial charge is 0.272 e. The minimum absolute atomic E-state index is 0.147. The number of benzene rings is 2. The highest BCUT2D eigenvalue weighted by atomic mass is 35.5. The van der Waals surface area contributed by atoms with E-state index in [1.165, 1.54) is 0 Å². The molecule has 0 bridgehead atoms. The quantitative estimate of drug-likeness (QED) is 0.691. The van der Waals surface area contributed by atoms with Crippen molar-refractivity contribution in [2.75, 3.05) is 5.32 Å². The summed E-state index contributed by atoms with van der Waals surface area (Å²) in [4.78, 5) is 29.6. The number of nitrogens with one attached hydrogen (secondary N) is 1. The van der Waals surface area contributed by atoms with Gasteiger partial charge in [-0.2, -0.15) is 0 Å². The summed E-state index contributed by atoms with van der Waals surface area (Å²) in [7, 11) is 0. The van der Waals surface area contributed by atoms with Gasteiger partial charge in [0.25, 0.3) is 5.56 Å². The number of amides is 1. The van der Waals surface area contributed by atoms with Crippen molar-refractivity contribution in [3.63, 3.8) is 0 Å². The van der Waals surface area contributed by atoms with Crippen molar-refractivity contribution in [2.24, 2.45) is 5.92 Å². The zero-order valence-corrected chi connectivity index (χ0v) is 16.2. The van der Waals surface area contributed by atoms with Crippen LogP contribution in [0.3, 0.4) is 0 Å². The summed E-state index contributed by atoms with van der Waals surface area (Å²) in [5, 5.41) is 3.40. The van der Waals surface area contributed by atoms with Gasteiger partial charge in [0.2, 0.25) is 5.91 Å². The van der Waals surface area contributed by atoms with Crippen LogP contribution in [-0.4, -0.2) is 15.5 Å². The lowest BCUT2D eigenvalue weighted by Crippen LogP contribution is -2.28. The molecular weight excluding hydrogens is 362 g/mol. The van der Waals surface area contributed by atoms with Gasteiger partial charge in [0.15, 0.2) is 0 Å². The summed E-state index contributed by atoms with van der Waals surface area (Å²) in [5.41, 5.74) is 2.40. The molecule has 0 aliphatic carbocycles. The van der Waals surface area contributed by atoms with Crippen molar-refractivity contribution in [3.05, 3.63) is 69.6 Å². The van der Waals surface area contributed by atoms with Gasteiger partial charge in [-0.25, -0.2) is 4.98 Å². The second-order valence-electron chi connectivity index (χ2n) is 6.92. The first-order valence-corrected chi connectivity index (χ1v) is 9.35. The van der Waals surface area contributed by atoms with Crippen molar-refractivity contribution in [3.8, 4) is 0 Å². The molecule has 5 nitrogen and oxygen atoms in total. The normalized spacial score (nSPS) is 11.1. The minimum atomic E-state index is -0.149. The molecule has 140 valence electrons. The van der Waals surface area contributed by atoms with Crippen molar-refractivity contribution < 1.29 is 4.79 Å². The molecule has 6 heteroatoms. The fourth-order valence-electron chi connectivity index (χ4n) is 2.96. The first kappa shape index (κ1) is 19.1. The molecule has 0 aliphatic rings. The molecule has 0 radical (unpaired) electrons. The first-order chi connectivity index (χ1) is 12.9. The molecular formula is C21H22ClN3O2. The van der Waals surface area contributed by atoms with E-state index in [2.05, 4.69) is 24.1 Å². The molecule has 0 atom stereocenters. The summed E-state index contributed by atoms with van der Waals surface area (Å²) in [6, 6.07) is 14.6. The molecule has 0 fully saturated rings. The molecule has 0 aliphatic heterocycles. The van der Waals surface area contributed by atoms with E-state index >= 15 is 0 Å². The third-order valence-corrected chi connectivity index (χ3v) is 4.40. The third kappa shape index (κ3) is 4.74. The number of halogens is 1. The van der Waals surface area contributed by atoms with E-state index in [0.717, 1.165) is 11.2 Å². The number of para-hydroxylation sites is 1. The Hall–Kier alpha value is -2.66. The Labute approximate surface area is 163 Å². The SMILES string of the molecule is CC(C)Cn1c(=O)c(CCC(=O)Nc2ccccc2)nc2cc(Cl)ccc21. The van der Waals surface area contributed by atoms with Crippen LogP contribution in [0, 0.1) is 5.92 Å². The minimum Gasteiger partial charge on any atom is -0.326 e. The van der Waals surface area contributed by atoms with Gasteiger partial charge in [-0.3, -0.25) is 9.59 Å². The molecule has 3 aromatic rings. The van der Waals surface area contributed by atoms with Gasteiger partial charge in [0, 0.05) is 30.1 Å². The van der Waals surface area contributed by atoms with Gasteiger partial charge in [-0.1, -0.05) is 43.6 Å². The molecule has 1 N–H and O–H groups in total. The average Bonchev–Trinajstić information content (AvgIpc) is 2.63. The van der Waals surface area contributed by atoms with E-state index in [-0.39, 0.29) is 24.3 Å².